The number of fused-ring (bicyclic) bond motifs is 1. The first kappa shape index (κ1) is 13.3. The zero-order chi connectivity index (χ0) is 14.2. The smallest absolute Gasteiger partial charge is 0.136 e. The summed E-state index contributed by atoms with van der Waals surface area (Å²) in [5.74, 6) is 3.65. The molecule has 4 rings (SSSR count). The maximum atomic E-state index is 5.98. The molecule has 0 amide bonds. The van der Waals surface area contributed by atoms with E-state index in [9.17, 15) is 0 Å². The Hall–Kier alpha value is -1.36. The summed E-state index contributed by atoms with van der Waals surface area (Å²) < 4.78 is 5.98. The SMILES string of the molecule is CNc1cc(N2CCOC3CCCCC32)nc(C2CC2)n1. The van der Waals surface area contributed by atoms with Crippen molar-refractivity contribution in [3.63, 3.8) is 0 Å². The predicted octanol–water partition coefficient (Wildman–Crippen LogP) is 2.54. The summed E-state index contributed by atoms with van der Waals surface area (Å²) >= 11 is 0. The highest BCUT2D eigenvalue weighted by atomic mass is 16.5. The van der Waals surface area contributed by atoms with Crippen LogP contribution in [0.15, 0.2) is 6.07 Å². The van der Waals surface area contributed by atoms with Gasteiger partial charge in [0.2, 0.25) is 0 Å². The molecule has 2 aliphatic carbocycles. The lowest BCUT2D eigenvalue weighted by Crippen LogP contribution is -2.53. The van der Waals surface area contributed by atoms with Crippen LogP contribution in [-0.2, 0) is 4.74 Å². The highest BCUT2D eigenvalue weighted by Crippen LogP contribution is 2.40. The molecule has 1 N–H and O–H groups in total. The monoisotopic (exact) mass is 288 g/mol. The summed E-state index contributed by atoms with van der Waals surface area (Å²) in [6.07, 6.45) is 7.89. The van der Waals surface area contributed by atoms with Crippen molar-refractivity contribution in [2.24, 2.45) is 0 Å². The van der Waals surface area contributed by atoms with Crippen LogP contribution < -0.4 is 10.2 Å². The van der Waals surface area contributed by atoms with Gasteiger partial charge in [0.1, 0.15) is 17.5 Å². The van der Waals surface area contributed by atoms with Crippen molar-refractivity contribution in [3.8, 4) is 0 Å². The van der Waals surface area contributed by atoms with Crippen molar-refractivity contribution in [2.45, 2.75) is 56.6 Å². The van der Waals surface area contributed by atoms with Crippen molar-refractivity contribution >= 4 is 11.6 Å². The first-order valence-electron chi connectivity index (χ1n) is 8.30. The Morgan fingerprint density at radius 1 is 1.19 bits per heavy atom. The molecule has 2 saturated carbocycles. The Kier molecular flexibility index (Phi) is 3.45. The van der Waals surface area contributed by atoms with Crippen LogP contribution in [0.5, 0.6) is 0 Å². The van der Waals surface area contributed by atoms with Crippen molar-refractivity contribution in [1.29, 1.82) is 0 Å². The Balaban J connectivity index is 1.65. The van der Waals surface area contributed by atoms with E-state index in [-0.39, 0.29) is 0 Å². The summed E-state index contributed by atoms with van der Waals surface area (Å²) in [4.78, 5) is 12.0. The number of hydrogen-bond acceptors (Lipinski definition) is 5. The molecule has 2 atom stereocenters. The maximum absolute atomic E-state index is 5.98. The van der Waals surface area contributed by atoms with Crippen LogP contribution in [0.1, 0.15) is 50.3 Å². The largest absolute Gasteiger partial charge is 0.374 e. The molecule has 1 saturated heterocycles. The third-order valence-corrected chi connectivity index (χ3v) is 4.95. The number of morpholine rings is 1. The fraction of sp³-hybridized carbons (Fsp3) is 0.750. The van der Waals surface area contributed by atoms with E-state index in [4.69, 9.17) is 9.72 Å². The van der Waals surface area contributed by atoms with Gasteiger partial charge >= 0.3 is 0 Å². The summed E-state index contributed by atoms with van der Waals surface area (Å²) in [7, 11) is 1.94. The van der Waals surface area contributed by atoms with Gasteiger partial charge < -0.3 is 15.0 Å². The molecule has 1 aromatic heterocycles. The average molecular weight is 288 g/mol. The number of aromatic nitrogens is 2. The van der Waals surface area contributed by atoms with E-state index >= 15 is 0 Å². The zero-order valence-corrected chi connectivity index (χ0v) is 12.7. The molecule has 0 bridgehead atoms. The fourth-order valence-corrected chi connectivity index (χ4v) is 3.63. The Morgan fingerprint density at radius 3 is 2.86 bits per heavy atom. The number of anilines is 2. The minimum absolute atomic E-state index is 0.393. The van der Waals surface area contributed by atoms with E-state index in [1.165, 1.54) is 38.5 Å². The second-order valence-electron chi connectivity index (χ2n) is 6.45. The van der Waals surface area contributed by atoms with Crippen molar-refractivity contribution < 1.29 is 4.74 Å². The molecule has 114 valence electrons. The quantitative estimate of drug-likeness (QED) is 0.926. The third-order valence-electron chi connectivity index (χ3n) is 4.95. The van der Waals surface area contributed by atoms with Gasteiger partial charge in [-0.1, -0.05) is 12.8 Å². The fourth-order valence-electron chi connectivity index (χ4n) is 3.63. The summed E-state index contributed by atoms with van der Waals surface area (Å²) in [6.45, 7) is 1.77. The molecule has 5 nitrogen and oxygen atoms in total. The minimum atomic E-state index is 0.393. The van der Waals surface area contributed by atoms with Crippen molar-refractivity contribution in [3.05, 3.63) is 11.9 Å². The van der Waals surface area contributed by atoms with E-state index < -0.39 is 0 Å². The van der Waals surface area contributed by atoms with Crippen LogP contribution >= 0.6 is 0 Å². The number of rotatable bonds is 3. The minimum Gasteiger partial charge on any atom is -0.374 e. The molecule has 1 aliphatic heterocycles. The van der Waals surface area contributed by atoms with Crippen LogP contribution in [0.3, 0.4) is 0 Å². The van der Waals surface area contributed by atoms with E-state index in [2.05, 4.69) is 21.3 Å². The van der Waals surface area contributed by atoms with Gasteiger partial charge in [-0.2, -0.15) is 0 Å². The standard InChI is InChI=1S/C16H24N4O/c1-17-14-10-15(19-16(18-14)11-6-7-11)20-8-9-21-13-5-3-2-4-12(13)20/h10-13H,2-9H2,1H3,(H,17,18,19). The van der Waals surface area contributed by atoms with Gasteiger partial charge in [0.15, 0.2) is 0 Å². The number of nitrogens with one attached hydrogen (secondary N) is 1. The first-order valence-corrected chi connectivity index (χ1v) is 8.30. The summed E-state index contributed by atoms with van der Waals surface area (Å²) in [5.41, 5.74) is 0. The molecule has 0 aromatic carbocycles. The Labute approximate surface area is 126 Å². The topological polar surface area (TPSA) is 50.3 Å². The van der Waals surface area contributed by atoms with Crippen LogP contribution in [0.4, 0.5) is 11.6 Å². The number of ether oxygens (including phenoxy) is 1. The van der Waals surface area contributed by atoms with Crippen LogP contribution in [0, 0.1) is 0 Å². The molecule has 2 unspecified atom stereocenters. The van der Waals surface area contributed by atoms with Gasteiger partial charge in [-0.3, -0.25) is 0 Å². The van der Waals surface area contributed by atoms with E-state index in [1.54, 1.807) is 0 Å². The van der Waals surface area contributed by atoms with Gasteiger partial charge in [-0.15, -0.1) is 0 Å². The lowest BCUT2D eigenvalue weighted by atomic mass is 9.90. The molecule has 0 spiro atoms. The molecule has 2 heterocycles. The highest BCUT2D eigenvalue weighted by Gasteiger charge is 2.36. The maximum Gasteiger partial charge on any atom is 0.136 e. The van der Waals surface area contributed by atoms with Crippen molar-refractivity contribution in [1.82, 2.24) is 9.97 Å². The average Bonchev–Trinajstić information content (AvgIpc) is 3.39. The predicted molar refractivity (Wildman–Crippen MR) is 82.9 cm³/mol. The Morgan fingerprint density at radius 2 is 2.05 bits per heavy atom. The van der Waals surface area contributed by atoms with Crippen LogP contribution in [0.2, 0.25) is 0 Å². The van der Waals surface area contributed by atoms with E-state index in [0.29, 0.717) is 18.1 Å². The van der Waals surface area contributed by atoms with Gasteiger partial charge in [0.25, 0.3) is 0 Å². The molecular weight excluding hydrogens is 264 g/mol. The second kappa shape index (κ2) is 5.44. The van der Waals surface area contributed by atoms with Gasteiger partial charge in [0, 0.05) is 25.6 Å². The third kappa shape index (κ3) is 2.59. The summed E-state index contributed by atoms with van der Waals surface area (Å²) in [6, 6.07) is 2.60. The molecule has 0 radical (unpaired) electrons. The zero-order valence-electron chi connectivity index (χ0n) is 12.7. The lowest BCUT2D eigenvalue weighted by Gasteiger charge is -2.44. The normalized spacial score (nSPS) is 29.1. The van der Waals surface area contributed by atoms with Gasteiger partial charge in [-0.25, -0.2) is 9.97 Å². The van der Waals surface area contributed by atoms with Crippen LogP contribution in [0.25, 0.3) is 0 Å². The first-order chi connectivity index (χ1) is 10.3. The van der Waals surface area contributed by atoms with Gasteiger partial charge in [-0.05, 0) is 25.7 Å². The molecule has 3 aliphatic rings. The second-order valence-corrected chi connectivity index (χ2v) is 6.45. The van der Waals surface area contributed by atoms with Crippen LogP contribution in [-0.4, -0.2) is 42.3 Å². The summed E-state index contributed by atoms with van der Waals surface area (Å²) in [5, 5.41) is 3.19. The molecule has 5 heteroatoms. The van der Waals surface area contributed by atoms with E-state index in [1.807, 2.05) is 7.05 Å². The lowest BCUT2D eigenvalue weighted by molar-refractivity contribution is -0.00900. The number of hydrogen-bond donors (Lipinski definition) is 1. The van der Waals surface area contributed by atoms with Gasteiger partial charge in [0.05, 0.1) is 18.8 Å². The molecular formula is C16H24N4O. The molecule has 21 heavy (non-hydrogen) atoms. The van der Waals surface area contributed by atoms with Crippen molar-refractivity contribution in [2.75, 3.05) is 30.4 Å². The number of nitrogens with zero attached hydrogens (tertiary/aromatic N) is 3. The van der Waals surface area contributed by atoms with E-state index in [0.717, 1.165) is 30.6 Å². The molecule has 3 fully saturated rings. The Bertz CT molecular complexity index is 515. The molecule has 1 aromatic rings. The highest BCUT2D eigenvalue weighted by molar-refractivity contribution is 5.51.